The Morgan fingerprint density at radius 3 is 2.28 bits per heavy atom. The van der Waals surface area contributed by atoms with E-state index >= 15 is 0 Å². The first-order chi connectivity index (χ1) is 28.5. The molecule has 3 heterocycles. The summed E-state index contributed by atoms with van der Waals surface area (Å²) in [7, 11) is -1.61. The van der Waals surface area contributed by atoms with E-state index in [4.69, 9.17) is 10.5 Å². The van der Waals surface area contributed by atoms with E-state index in [-0.39, 0.29) is 31.2 Å². The summed E-state index contributed by atoms with van der Waals surface area (Å²) in [4.78, 5) is 9.57. The molecule has 9 aromatic rings. The number of hydrogen-bond donors (Lipinski definition) is 0. The number of hydrogen-bond acceptors (Lipinski definition) is 3. The summed E-state index contributed by atoms with van der Waals surface area (Å²) in [6, 6.07) is 45.0. The molecule has 57 heavy (non-hydrogen) atoms. The van der Waals surface area contributed by atoms with Crippen molar-refractivity contribution in [1.82, 2.24) is 14.5 Å². The molecule has 0 atom stereocenters. The van der Waals surface area contributed by atoms with E-state index in [0.717, 1.165) is 65.1 Å². The first kappa shape index (κ1) is 35.1. The maximum atomic E-state index is 14.5. The summed E-state index contributed by atoms with van der Waals surface area (Å²) in [6.07, 6.45) is 1.89. The Morgan fingerprint density at radius 2 is 1.58 bits per heavy atom. The summed E-state index contributed by atoms with van der Waals surface area (Å²) >= 11 is 1.59. The number of aromatic nitrogens is 3. The molecule has 1 radical (unpaired) electrons. The SMILES string of the molecule is Fc1cccc(F)c1-c1ccc2c(c1)sc1c(-c3nc4ccccc4n3-c3ccccc3)[c-]ccc12.[2H]C([2H])([2H])c1c[c-]c(-c2cc(C([2H])(C)C)c([Si](C)(C)C)cn2)cc1.[Ir]. The van der Waals surface area contributed by atoms with Crippen molar-refractivity contribution in [2.24, 2.45) is 0 Å². The molecule has 0 bridgehead atoms. The van der Waals surface area contributed by atoms with Crippen molar-refractivity contribution in [1.29, 1.82) is 0 Å². The number of para-hydroxylation sites is 3. The number of imidazole rings is 1. The molecule has 0 saturated carbocycles. The zero-order valence-corrected chi connectivity index (χ0v) is 36.3. The minimum atomic E-state index is -2.13. The zero-order chi connectivity index (χ0) is 42.6. The number of halogens is 2. The minimum absolute atomic E-state index is 0. The van der Waals surface area contributed by atoms with Gasteiger partial charge in [0, 0.05) is 42.2 Å². The maximum Gasteiger partial charge on any atom is 0.133 e. The van der Waals surface area contributed by atoms with Crippen LogP contribution >= 0.6 is 11.3 Å². The Bertz CT molecular complexity index is 3010. The van der Waals surface area contributed by atoms with Crippen LogP contribution in [0.3, 0.4) is 0 Å². The maximum absolute atomic E-state index is 14.5. The molecule has 9 rings (SSSR count). The molecule has 287 valence electrons. The predicted octanol–water partition coefficient (Wildman–Crippen LogP) is 13.3. The van der Waals surface area contributed by atoms with Crippen LogP contribution in [0.2, 0.25) is 19.6 Å². The predicted molar refractivity (Wildman–Crippen MR) is 234 cm³/mol. The molecule has 0 fully saturated rings. The quantitative estimate of drug-likeness (QED) is 0.123. The molecule has 0 N–H and O–H groups in total. The molecule has 0 spiro atoms. The molecule has 0 aliphatic rings. The summed E-state index contributed by atoms with van der Waals surface area (Å²) in [5, 5.41) is 3.29. The van der Waals surface area contributed by atoms with Gasteiger partial charge in [-0.3, -0.25) is 4.98 Å². The van der Waals surface area contributed by atoms with E-state index in [9.17, 15) is 8.78 Å². The topological polar surface area (TPSA) is 30.7 Å². The molecular weight excluding hydrogens is 921 g/mol. The smallest absolute Gasteiger partial charge is 0.133 e. The van der Waals surface area contributed by atoms with Gasteiger partial charge in [0.05, 0.1) is 30.5 Å². The Kier molecular flexibility index (Phi) is 10.1. The van der Waals surface area contributed by atoms with Crippen LogP contribution in [0.1, 0.15) is 36.4 Å². The molecule has 0 saturated heterocycles. The second kappa shape index (κ2) is 16.4. The number of pyridine rings is 1. The zero-order valence-electron chi connectivity index (χ0n) is 36.0. The molecule has 8 heteroatoms. The van der Waals surface area contributed by atoms with E-state index in [1.807, 2.05) is 86.8 Å². The monoisotopic (exact) mass is 966 g/mol. The van der Waals surface area contributed by atoms with Crippen LogP contribution in [0, 0.1) is 30.6 Å². The summed E-state index contributed by atoms with van der Waals surface area (Å²) in [5.41, 5.74) is 7.08. The number of benzene rings is 6. The van der Waals surface area contributed by atoms with Gasteiger partial charge >= 0.3 is 0 Å². The van der Waals surface area contributed by atoms with Crippen molar-refractivity contribution in [3.8, 4) is 39.5 Å². The first-order valence-electron chi connectivity index (χ1n) is 20.4. The Hall–Kier alpha value is -5.11. The van der Waals surface area contributed by atoms with Crippen LogP contribution in [0.15, 0.2) is 134 Å². The van der Waals surface area contributed by atoms with Crippen molar-refractivity contribution in [2.45, 2.75) is 46.2 Å². The number of aryl methyl sites for hydroxylation is 1. The standard InChI is InChI=1S/C31H17F2N2S.C18H24NSi.Ir/c32-24-12-7-13-25(33)29(24)19-16-17-21-22-10-6-11-23(30(22)36-28(21)18-19)31-34-26-14-4-5-15-27(26)35(31)20-8-2-1-3-9-20;1-13(2)16-11-17(15-9-7-14(3)8-10-15)19-12-18(16)20(4,5)6;/h1-10,12-18H;7-9,11-13H,1-6H3;/q2*-1;/i;3D3,13D;. The Balaban J connectivity index is 0.000000197. The van der Waals surface area contributed by atoms with Crippen LogP contribution in [-0.4, -0.2) is 22.6 Å². The van der Waals surface area contributed by atoms with Crippen molar-refractivity contribution in [3.63, 3.8) is 0 Å². The van der Waals surface area contributed by atoms with Crippen LogP contribution in [0.25, 0.3) is 70.7 Å². The summed E-state index contributed by atoms with van der Waals surface area (Å²) in [5.74, 6) is -1.05. The van der Waals surface area contributed by atoms with Crippen LogP contribution < -0.4 is 5.19 Å². The van der Waals surface area contributed by atoms with Gasteiger partial charge in [0.25, 0.3) is 0 Å². The van der Waals surface area contributed by atoms with Crippen molar-refractivity contribution >= 4 is 55.8 Å². The van der Waals surface area contributed by atoms with E-state index in [0.29, 0.717) is 5.56 Å². The number of rotatable bonds is 6. The Morgan fingerprint density at radius 1 is 0.825 bits per heavy atom. The van der Waals surface area contributed by atoms with Gasteiger partial charge in [0.15, 0.2) is 0 Å². The van der Waals surface area contributed by atoms with E-state index in [1.54, 1.807) is 29.5 Å². The van der Waals surface area contributed by atoms with E-state index in [1.165, 1.54) is 29.5 Å². The van der Waals surface area contributed by atoms with Crippen LogP contribution in [0.4, 0.5) is 8.78 Å². The first-order valence-corrected chi connectivity index (χ1v) is 22.7. The van der Waals surface area contributed by atoms with Gasteiger partial charge in [-0.25, -0.2) is 8.78 Å². The Labute approximate surface area is 357 Å². The van der Waals surface area contributed by atoms with Crippen LogP contribution in [-0.2, 0) is 20.1 Å². The van der Waals surface area contributed by atoms with Gasteiger partial charge in [0.1, 0.15) is 11.6 Å². The fraction of sp³-hybridized carbons (Fsp3) is 0.143. The molecule has 6 aromatic carbocycles. The molecule has 0 unspecified atom stereocenters. The molecular formula is C49H41F2IrN3SSi-2. The van der Waals surface area contributed by atoms with Gasteiger partial charge < -0.3 is 9.55 Å². The minimum Gasteiger partial charge on any atom is -0.333 e. The van der Waals surface area contributed by atoms with E-state index < -0.39 is 32.5 Å². The van der Waals surface area contributed by atoms with E-state index in [2.05, 4.69) is 59.5 Å². The molecule has 3 nitrogen and oxygen atoms in total. The fourth-order valence-electron chi connectivity index (χ4n) is 7.07. The second-order valence-electron chi connectivity index (χ2n) is 15.0. The third-order valence-corrected chi connectivity index (χ3v) is 13.0. The molecule has 0 aliphatic carbocycles. The normalized spacial score (nSPS) is 13.0. The third kappa shape index (κ3) is 7.92. The van der Waals surface area contributed by atoms with Gasteiger partial charge in [-0.15, -0.1) is 53.6 Å². The second-order valence-corrected chi connectivity index (χ2v) is 21.0. The van der Waals surface area contributed by atoms with Gasteiger partial charge in [-0.05, 0) is 74.9 Å². The number of thiophene rings is 1. The summed E-state index contributed by atoms with van der Waals surface area (Å²) in [6.45, 7) is 8.38. The van der Waals surface area contributed by atoms with Gasteiger partial charge in [-0.2, -0.15) is 11.3 Å². The number of nitrogens with zero attached hydrogens (tertiary/aromatic N) is 3. The number of fused-ring (bicyclic) bond motifs is 4. The molecule has 0 amide bonds. The average molecular weight is 966 g/mol. The van der Waals surface area contributed by atoms with Crippen molar-refractivity contribution in [3.05, 3.63) is 168 Å². The van der Waals surface area contributed by atoms with Gasteiger partial charge in [0.2, 0.25) is 0 Å². The summed E-state index contributed by atoms with van der Waals surface area (Å²) < 4.78 is 63.9. The van der Waals surface area contributed by atoms with Crippen molar-refractivity contribution in [2.75, 3.05) is 0 Å². The fourth-order valence-corrected chi connectivity index (χ4v) is 9.88. The van der Waals surface area contributed by atoms with Gasteiger partial charge in [-0.1, -0.05) is 111 Å². The van der Waals surface area contributed by atoms with Crippen LogP contribution in [0.5, 0.6) is 0 Å². The van der Waals surface area contributed by atoms with Crippen molar-refractivity contribution < 1.29 is 34.4 Å². The largest absolute Gasteiger partial charge is 0.333 e. The molecule has 0 aliphatic heterocycles. The average Bonchev–Trinajstić information content (AvgIpc) is 3.79. The molecule has 3 aromatic heterocycles. The third-order valence-electron chi connectivity index (χ3n) is 9.82.